The Bertz CT molecular complexity index is 834. The summed E-state index contributed by atoms with van der Waals surface area (Å²) in [5, 5.41) is 8.59. The molecule has 2 aromatic carbocycles. The molecule has 1 fully saturated rings. The van der Waals surface area contributed by atoms with Crippen molar-refractivity contribution in [2.45, 2.75) is 6.18 Å². The molecule has 1 amide bonds. The van der Waals surface area contributed by atoms with Crippen LogP contribution >= 0.6 is 0 Å². The molecule has 0 aliphatic carbocycles. The minimum Gasteiger partial charge on any atom is -0.368 e. The van der Waals surface area contributed by atoms with E-state index in [4.69, 9.17) is 5.21 Å². The van der Waals surface area contributed by atoms with Gasteiger partial charge in [-0.3, -0.25) is 10.0 Å². The van der Waals surface area contributed by atoms with Crippen LogP contribution in [-0.2, 0) is 6.18 Å². The van der Waals surface area contributed by atoms with Crippen molar-refractivity contribution in [1.82, 2.24) is 5.48 Å². The third-order valence-electron chi connectivity index (χ3n) is 4.48. The van der Waals surface area contributed by atoms with Crippen molar-refractivity contribution >= 4 is 17.3 Å². The average Bonchev–Trinajstić information content (AvgIpc) is 2.67. The first-order valence-corrected chi connectivity index (χ1v) is 8.21. The van der Waals surface area contributed by atoms with Crippen molar-refractivity contribution in [3.8, 4) is 0 Å². The van der Waals surface area contributed by atoms with Crippen LogP contribution in [0.15, 0.2) is 42.5 Å². The fraction of sp³-hybridized carbons (Fsp3) is 0.278. The first kappa shape index (κ1) is 19.0. The van der Waals surface area contributed by atoms with E-state index in [9.17, 15) is 22.4 Å². The molecule has 0 unspecified atom stereocenters. The molecular weight excluding hydrogens is 366 g/mol. The van der Waals surface area contributed by atoms with Crippen LogP contribution in [0.3, 0.4) is 0 Å². The van der Waals surface area contributed by atoms with Gasteiger partial charge in [0.05, 0.1) is 11.1 Å². The highest BCUT2D eigenvalue weighted by Crippen LogP contribution is 2.32. The maximum Gasteiger partial charge on any atom is 0.416 e. The van der Waals surface area contributed by atoms with Gasteiger partial charge in [0.1, 0.15) is 5.82 Å². The third-order valence-corrected chi connectivity index (χ3v) is 4.48. The molecule has 0 bridgehead atoms. The van der Waals surface area contributed by atoms with Crippen LogP contribution in [0.5, 0.6) is 0 Å². The maximum atomic E-state index is 14.0. The molecule has 1 aliphatic heterocycles. The number of carbonyl (C=O) groups excluding carboxylic acids is 1. The smallest absolute Gasteiger partial charge is 0.368 e. The van der Waals surface area contributed by atoms with Crippen molar-refractivity contribution in [3.63, 3.8) is 0 Å². The third kappa shape index (κ3) is 4.13. The molecule has 0 spiro atoms. The highest BCUT2D eigenvalue weighted by Gasteiger charge is 2.31. The van der Waals surface area contributed by atoms with Gasteiger partial charge in [-0.15, -0.1) is 0 Å². The Morgan fingerprint density at radius 1 is 0.963 bits per heavy atom. The molecule has 27 heavy (non-hydrogen) atoms. The van der Waals surface area contributed by atoms with Crippen LogP contribution in [-0.4, -0.2) is 37.3 Å². The van der Waals surface area contributed by atoms with E-state index in [1.807, 2.05) is 9.80 Å². The molecule has 1 heterocycles. The Balaban J connectivity index is 1.69. The number of anilines is 2. The number of hydroxylamine groups is 1. The molecule has 2 aromatic rings. The first-order chi connectivity index (χ1) is 12.8. The molecule has 2 N–H and O–H groups in total. The SMILES string of the molecule is O=C(NO)c1ccc(N2CCN(c3cccc(C(F)(F)F)c3)CC2)cc1F. The van der Waals surface area contributed by atoms with Crippen LogP contribution in [0.1, 0.15) is 15.9 Å². The number of benzene rings is 2. The maximum absolute atomic E-state index is 14.0. The zero-order valence-electron chi connectivity index (χ0n) is 14.1. The van der Waals surface area contributed by atoms with Crippen molar-refractivity contribution in [3.05, 3.63) is 59.4 Å². The van der Waals surface area contributed by atoms with Gasteiger partial charge in [-0.2, -0.15) is 13.2 Å². The Morgan fingerprint density at radius 3 is 2.07 bits per heavy atom. The molecule has 144 valence electrons. The standard InChI is InChI=1S/C18H17F4N3O2/c19-16-11-14(4-5-15(16)17(26)23-27)25-8-6-24(7-9-25)13-3-1-2-12(10-13)18(20,21)22/h1-5,10-11,27H,6-9H2,(H,23,26). The van der Waals surface area contributed by atoms with E-state index < -0.39 is 23.5 Å². The highest BCUT2D eigenvalue weighted by molar-refractivity contribution is 5.94. The molecule has 1 saturated heterocycles. The van der Waals surface area contributed by atoms with E-state index in [0.717, 1.165) is 12.1 Å². The number of piperazine rings is 1. The van der Waals surface area contributed by atoms with E-state index >= 15 is 0 Å². The second-order valence-corrected chi connectivity index (χ2v) is 6.13. The Morgan fingerprint density at radius 2 is 1.56 bits per heavy atom. The summed E-state index contributed by atoms with van der Waals surface area (Å²) >= 11 is 0. The van der Waals surface area contributed by atoms with Gasteiger partial charge in [0.2, 0.25) is 0 Å². The van der Waals surface area contributed by atoms with Crippen molar-refractivity contribution < 1.29 is 27.6 Å². The number of nitrogens with zero attached hydrogens (tertiary/aromatic N) is 2. The molecule has 3 rings (SSSR count). The van der Waals surface area contributed by atoms with E-state index in [1.54, 1.807) is 12.1 Å². The number of halogens is 4. The molecular formula is C18H17F4N3O2. The fourth-order valence-electron chi connectivity index (χ4n) is 3.05. The number of nitrogens with one attached hydrogen (secondary N) is 1. The van der Waals surface area contributed by atoms with E-state index in [1.165, 1.54) is 23.7 Å². The summed E-state index contributed by atoms with van der Waals surface area (Å²) in [6.07, 6.45) is -4.39. The minimum absolute atomic E-state index is 0.274. The van der Waals surface area contributed by atoms with Gasteiger partial charge in [0.15, 0.2) is 0 Å². The van der Waals surface area contributed by atoms with Crippen LogP contribution in [0.25, 0.3) is 0 Å². The van der Waals surface area contributed by atoms with Gasteiger partial charge in [-0.25, -0.2) is 9.87 Å². The van der Waals surface area contributed by atoms with Crippen LogP contribution in [0.2, 0.25) is 0 Å². The van der Waals surface area contributed by atoms with Gasteiger partial charge < -0.3 is 9.80 Å². The second kappa shape index (κ2) is 7.43. The molecule has 0 aromatic heterocycles. The normalized spacial score (nSPS) is 15.0. The van der Waals surface area contributed by atoms with Crippen molar-refractivity contribution in [2.24, 2.45) is 0 Å². The lowest BCUT2D eigenvalue weighted by molar-refractivity contribution is -0.137. The summed E-state index contributed by atoms with van der Waals surface area (Å²) in [5.41, 5.74) is 1.47. The Hall–Kier alpha value is -2.81. The second-order valence-electron chi connectivity index (χ2n) is 6.13. The topological polar surface area (TPSA) is 55.8 Å². The summed E-state index contributed by atoms with van der Waals surface area (Å²) in [7, 11) is 0. The quantitative estimate of drug-likeness (QED) is 0.485. The largest absolute Gasteiger partial charge is 0.416 e. The predicted molar refractivity (Wildman–Crippen MR) is 91.5 cm³/mol. The zero-order chi connectivity index (χ0) is 19.6. The predicted octanol–water partition coefficient (Wildman–Crippen LogP) is 3.29. The highest BCUT2D eigenvalue weighted by atomic mass is 19.4. The van der Waals surface area contributed by atoms with Crippen molar-refractivity contribution in [2.75, 3.05) is 36.0 Å². The van der Waals surface area contributed by atoms with Gasteiger partial charge in [0.25, 0.3) is 5.91 Å². The van der Waals surface area contributed by atoms with E-state index in [2.05, 4.69) is 0 Å². The molecule has 0 atom stereocenters. The number of hydrogen-bond donors (Lipinski definition) is 2. The van der Waals surface area contributed by atoms with Crippen LogP contribution in [0, 0.1) is 5.82 Å². The summed E-state index contributed by atoms with van der Waals surface area (Å²) in [4.78, 5) is 15.0. The van der Waals surface area contributed by atoms with E-state index in [-0.39, 0.29) is 5.56 Å². The number of carbonyl (C=O) groups is 1. The minimum atomic E-state index is -4.39. The molecule has 0 saturated carbocycles. The lowest BCUT2D eigenvalue weighted by atomic mass is 10.1. The Kier molecular flexibility index (Phi) is 5.22. The summed E-state index contributed by atoms with van der Waals surface area (Å²) in [5.74, 6) is -1.70. The first-order valence-electron chi connectivity index (χ1n) is 8.21. The molecule has 5 nitrogen and oxygen atoms in total. The summed E-state index contributed by atoms with van der Waals surface area (Å²) in [6, 6.07) is 9.20. The molecule has 0 radical (unpaired) electrons. The van der Waals surface area contributed by atoms with Gasteiger partial charge >= 0.3 is 6.18 Å². The van der Waals surface area contributed by atoms with Crippen LogP contribution < -0.4 is 15.3 Å². The number of alkyl halides is 3. The van der Waals surface area contributed by atoms with Crippen LogP contribution in [0.4, 0.5) is 28.9 Å². The lowest BCUT2D eigenvalue weighted by Crippen LogP contribution is -2.46. The zero-order valence-corrected chi connectivity index (χ0v) is 14.1. The Labute approximate surface area is 152 Å². The van der Waals surface area contributed by atoms with Gasteiger partial charge in [-0.1, -0.05) is 6.07 Å². The number of rotatable bonds is 3. The average molecular weight is 383 g/mol. The summed E-state index contributed by atoms with van der Waals surface area (Å²) < 4.78 is 52.6. The van der Waals surface area contributed by atoms with Crippen molar-refractivity contribution in [1.29, 1.82) is 0 Å². The van der Waals surface area contributed by atoms with E-state index in [0.29, 0.717) is 37.6 Å². The fourth-order valence-corrected chi connectivity index (χ4v) is 3.05. The van der Waals surface area contributed by atoms with Gasteiger partial charge in [0, 0.05) is 37.6 Å². The monoisotopic (exact) mass is 383 g/mol. The molecule has 1 aliphatic rings. The number of hydrogen-bond acceptors (Lipinski definition) is 4. The molecule has 9 heteroatoms. The summed E-state index contributed by atoms with van der Waals surface area (Å²) in [6.45, 7) is 1.92. The number of amides is 1. The van der Waals surface area contributed by atoms with Gasteiger partial charge in [-0.05, 0) is 36.4 Å². The lowest BCUT2D eigenvalue weighted by Gasteiger charge is -2.37.